The van der Waals surface area contributed by atoms with E-state index < -0.39 is 177 Å². The van der Waals surface area contributed by atoms with E-state index in [1.165, 1.54) is 65.0 Å². The van der Waals surface area contributed by atoms with Gasteiger partial charge < -0.3 is 96.8 Å². The van der Waals surface area contributed by atoms with Gasteiger partial charge in [0.1, 0.15) is 93.7 Å². The lowest BCUT2D eigenvalue weighted by molar-refractivity contribution is -0.205. The van der Waals surface area contributed by atoms with Gasteiger partial charge in [0.25, 0.3) is 23.4 Å². The minimum Gasteiger partial charge on any atom is -0.493 e. The third kappa shape index (κ3) is 19.5. The number of aliphatic hydroxyl groups is 8. The molecule has 0 bridgehead atoms. The van der Waals surface area contributed by atoms with Crippen molar-refractivity contribution in [2.24, 2.45) is 0 Å². The lowest BCUT2D eigenvalue weighted by Crippen LogP contribution is -2.43. The molecule has 0 radical (unpaired) electrons. The summed E-state index contributed by atoms with van der Waals surface area (Å²) in [4.78, 5) is 57.3. The Bertz CT molecular complexity index is 6350. The fourth-order valence-corrected chi connectivity index (χ4v) is 17.4. The average molecular weight is 1910 g/mol. The molecule has 124 heavy (non-hydrogen) atoms. The molecular weight excluding hydrogens is 1830 g/mol. The summed E-state index contributed by atoms with van der Waals surface area (Å²) in [6, 6.07) is 23.9. The number of hydrogen-bond donors (Lipinski definition) is 12. The van der Waals surface area contributed by atoms with Gasteiger partial charge in [0.15, 0.2) is 70.9 Å². The molecule has 4 aromatic heterocycles. The molecule has 4 saturated heterocycles. The summed E-state index contributed by atoms with van der Waals surface area (Å²) < 4.78 is 266. The zero-order valence-electron chi connectivity index (χ0n) is 69.3. The van der Waals surface area contributed by atoms with Crippen LogP contribution in [0.3, 0.4) is 0 Å². The quantitative estimate of drug-likeness (QED) is 0.0227. The first-order valence-electron chi connectivity index (χ1n) is 38.2. The smallest absolute Gasteiger partial charge is 0.493 e. The fraction of sp³-hybridized carbons (Fsp3) is 0.412. The van der Waals surface area contributed by atoms with E-state index in [1.54, 1.807) is 60.7 Å². The molecule has 8 aliphatic rings. The van der Waals surface area contributed by atoms with E-state index in [-0.39, 0.29) is 91.0 Å². The fourth-order valence-electron chi connectivity index (χ4n) is 12.1. The molecular formula is C68H72F4N8O36P4S4. The summed E-state index contributed by atoms with van der Waals surface area (Å²) >= 11 is 19.2. The molecule has 44 nitrogen and oxygen atoms in total. The van der Waals surface area contributed by atoms with Gasteiger partial charge in [-0.3, -0.25) is 74.4 Å². The summed E-state index contributed by atoms with van der Waals surface area (Å²) in [7, 11) is -13.1. The number of nitrogens with zero attached hydrogens (tertiary/aromatic N) is 4. The molecule has 4 aromatic carbocycles. The Hall–Kier alpha value is -8.48. The number of aromatic amines is 4. The van der Waals surface area contributed by atoms with E-state index in [0.717, 1.165) is 29.2 Å². The molecule has 8 aromatic rings. The summed E-state index contributed by atoms with van der Waals surface area (Å²) in [6.07, 6.45) is -23.8. The third-order valence-electron chi connectivity index (χ3n) is 18.4. The molecule has 8 aliphatic heterocycles. The first-order chi connectivity index (χ1) is 60.8. The van der Waals surface area contributed by atoms with Crippen molar-refractivity contribution in [1.29, 1.82) is 0 Å². The van der Waals surface area contributed by atoms with Crippen LogP contribution >= 0.6 is 80.2 Å². The maximum absolute atomic E-state index is 15.8. The molecule has 0 saturated carbocycles. The number of rotatable bonds is 20. The highest BCUT2D eigenvalue weighted by Gasteiger charge is 2.62. The summed E-state index contributed by atoms with van der Waals surface area (Å²) in [5, 5.41) is 82.2. The number of hydrogen-bond acceptors (Lipinski definition) is 40. The van der Waals surface area contributed by atoms with Gasteiger partial charge in [-0.15, -0.1) is 0 Å². The van der Waals surface area contributed by atoms with Crippen LogP contribution in [0.2, 0.25) is 0 Å². The van der Waals surface area contributed by atoms with Crippen molar-refractivity contribution >= 4 is 80.2 Å². The van der Waals surface area contributed by atoms with Crippen molar-refractivity contribution in [3.63, 3.8) is 0 Å². The number of para-hydroxylation sites is 4. The van der Waals surface area contributed by atoms with Crippen molar-refractivity contribution in [3.8, 4) is 46.0 Å². The number of aliphatic hydroxyl groups excluding tert-OH is 8. The topological polar surface area (TPSA) is 566 Å². The standard InChI is InChI=1S/4C17H18FN2O9PS/c4*1-25-10-4-2-3-9-7-26-30(24,29-13(9)10)27-8-17(18)14(22)12(21)15(28-17)20-6-5-11(31)19-16(20)23/h4*2-6,12,14-15,21-22H,7-8H2,1H3,(H,19,23,31)/t4*12-,14+,15-,17-,30?/m1111/s1/i8D2,15D;15D;8D2;. The highest BCUT2D eigenvalue weighted by molar-refractivity contribution is 7.72. The van der Waals surface area contributed by atoms with Gasteiger partial charge in [-0.05, 0) is 48.5 Å². The molecule has 16 rings (SSSR count). The number of benzene rings is 4. The minimum atomic E-state index is -4.90. The largest absolute Gasteiger partial charge is 0.530 e. The number of phosphoric ester groups is 4. The highest BCUT2D eigenvalue weighted by Crippen LogP contribution is 2.62. The van der Waals surface area contributed by atoms with E-state index in [2.05, 4.69) is 19.9 Å². The van der Waals surface area contributed by atoms with E-state index in [1.807, 2.05) is 0 Å². The number of aromatic nitrogens is 8. The maximum Gasteiger partial charge on any atom is 0.530 e. The van der Waals surface area contributed by atoms with Crippen molar-refractivity contribution in [1.82, 2.24) is 38.2 Å². The van der Waals surface area contributed by atoms with Gasteiger partial charge in [-0.2, -0.15) is 0 Å². The molecule has 0 amide bonds. The van der Waals surface area contributed by atoms with Crippen LogP contribution in [0, 0.1) is 18.6 Å². The number of phosphoric acid groups is 4. The normalized spacial score (nSPS) is 34.5. The lowest BCUT2D eigenvalue weighted by Gasteiger charge is -2.28. The number of alkyl halides is 4. The van der Waals surface area contributed by atoms with Crippen LogP contribution in [0.15, 0.2) is 141 Å². The number of methoxy groups -OCH3 is 4. The molecule has 4 unspecified atom stereocenters. The van der Waals surface area contributed by atoms with E-state index >= 15 is 17.6 Å². The Morgan fingerprint density at radius 1 is 0.395 bits per heavy atom. The summed E-state index contributed by atoms with van der Waals surface area (Å²) in [5.41, 5.74) is -1.97. The van der Waals surface area contributed by atoms with Gasteiger partial charge in [0.05, 0.1) is 63.1 Å². The van der Waals surface area contributed by atoms with Crippen LogP contribution in [0.4, 0.5) is 17.6 Å². The van der Waals surface area contributed by atoms with Crippen LogP contribution < -0.4 is 59.8 Å². The lowest BCUT2D eigenvalue weighted by atomic mass is 10.1. The average Bonchev–Trinajstić information content (AvgIpc) is 1.55. The Morgan fingerprint density at radius 3 is 0.952 bits per heavy atom. The molecule has 0 spiro atoms. The van der Waals surface area contributed by atoms with Crippen molar-refractivity contribution in [3.05, 3.63) is 205 Å². The molecule has 12 heterocycles. The first kappa shape index (κ1) is 85.0. The van der Waals surface area contributed by atoms with Gasteiger partial charge in [0, 0.05) is 47.0 Å². The molecule has 12 N–H and O–H groups in total. The highest BCUT2D eigenvalue weighted by atomic mass is 32.1. The number of nitrogens with one attached hydrogen (secondary N) is 4. The molecule has 0 aliphatic carbocycles. The monoisotopic (exact) mass is 1910 g/mol. The van der Waals surface area contributed by atoms with Gasteiger partial charge >= 0.3 is 54.0 Å². The molecule has 4 fully saturated rings. The second-order valence-electron chi connectivity index (χ2n) is 26.4. The van der Waals surface area contributed by atoms with Crippen molar-refractivity contribution in [2.75, 3.05) is 54.8 Å². The Kier molecular flexibility index (Phi) is 25.4. The summed E-state index contributed by atoms with van der Waals surface area (Å²) in [6.45, 7) is -11.0. The Morgan fingerprint density at radius 2 is 0.645 bits per heavy atom. The van der Waals surface area contributed by atoms with Gasteiger partial charge in [-0.25, -0.2) is 55.0 Å². The second-order valence-corrected chi connectivity index (χ2v) is 34.4. The zero-order chi connectivity index (χ0) is 95.0. The van der Waals surface area contributed by atoms with E-state index in [0.29, 0.717) is 36.0 Å². The second kappa shape index (κ2) is 37.1. The number of halogens is 4. The van der Waals surface area contributed by atoms with Crippen LogP contribution in [0.5, 0.6) is 46.0 Å². The predicted octanol–water partition coefficient (Wildman–Crippen LogP) is 6.26. The van der Waals surface area contributed by atoms with E-state index in [4.69, 9.17) is 149 Å². The third-order valence-corrected chi connectivity index (χ3v) is 24.2. The Balaban J connectivity index is 0.000000148. The van der Waals surface area contributed by atoms with Gasteiger partial charge in [-0.1, -0.05) is 97.4 Å². The predicted molar refractivity (Wildman–Crippen MR) is 415 cm³/mol. The van der Waals surface area contributed by atoms with Crippen LogP contribution in [-0.2, 0) is 99.8 Å². The minimum absolute atomic E-state index is 0.0260. The van der Waals surface area contributed by atoms with Crippen molar-refractivity contribution < 1.29 is 177 Å². The van der Waals surface area contributed by atoms with Crippen LogP contribution in [0.1, 0.15) is 55.3 Å². The summed E-state index contributed by atoms with van der Waals surface area (Å²) in [5.74, 6) is -13.3. The SMILES string of the molecule is COc1cccc2c1OP(=O)(OC[C@@]1(F)O[C@@H](n3ccc(=S)[nH]c3=O)[C@H](O)[C@@H]1O)OC2.[2H]C([2H])(OP1(=O)OCc2cccc(OC)c2O1)[C@@]1(F)O[C@@H](n2ccc(=S)[nH]c2=O)[C@H](O)[C@@H]1O.[2H]C([2H])(OP1(=O)OCc2cccc(OC)c2O1)[C@@]1(F)O[C@@]([2H])(n2ccc(=S)[nH]c2=O)[C@H](O)[C@@H]1O.[2H][C@@]1(n2ccc(=S)[nH]c2=O)O[C@](F)(COP2(=O)OCc3cccc(OC)c3O2)[C@@H](O)[C@H]1O. The molecule has 56 heteroatoms. The van der Waals surface area contributed by atoms with Gasteiger partial charge in [0.2, 0.25) is 0 Å². The number of H-pyrrole nitrogens is 4. The van der Waals surface area contributed by atoms with Crippen LogP contribution in [0.25, 0.3) is 0 Å². The zero-order valence-corrected chi connectivity index (χ0v) is 70.1. The Labute approximate surface area is 721 Å². The van der Waals surface area contributed by atoms with Crippen LogP contribution in [-0.4, -0.2) is 206 Å². The molecule has 672 valence electrons. The van der Waals surface area contributed by atoms with Crippen molar-refractivity contribution in [2.45, 2.75) is 124 Å². The maximum atomic E-state index is 15.8. The number of fused-ring (bicyclic) bond motifs is 4. The number of ether oxygens (including phenoxy) is 8. The van der Waals surface area contributed by atoms with E-state index in [9.17, 15) is 78.3 Å². The molecule has 20 atom stereocenters. The first-order valence-corrected chi connectivity index (χ1v) is 42.7.